The second-order valence-electron chi connectivity index (χ2n) is 5.01. The number of aliphatic hydroxyl groups is 1. The molecule has 0 saturated carbocycles. The van der Waals surface area contributed by atoms with Crippen LogP contribution in [-0.2, 0) is 7.05 Å². The number of nitrogens with zero attached hydrogens (tertiary/aromatic N) is 2. The van der Waals surface area contributed by atoms with Crippen molar-refractivity contribution in [1.29, 1.82) is 0 Å². The molecular formula is C13H20N2O. The number of hydrogen-bond acceptors (Lipinski definition) is 2. The van der Waals surface area contributed by atoms with Crippen LogP contribution in [0.25, 0.3) is 0 Å². The van der Waals surface area contributed by atoms with Crippen molar-refractivity contribution in [3.8, 4) is 0 Å². The summed E-state index contributed by atoms with van der Waals surface area (Å²) in [6, 6.07) is 1.91. The first kappa shape index (κ1) is 11.4. The summed E-state index contributed by atoms with van der Waals surface area (Å²) < 4.78 is 1.77. The Labute approximate surface area is 96.8 Å². The van der Waals surface area contributed by atoms with E-state index in [0.717, 1.165) is 18.5 Å². The molecule has 3 atom stereocenters. The van der Waals surface area contributed by atoms with Gasteiger partial charge in [0.25, 0.3) is 0 Å². The molecule has 0 spiro atoms. The van der Waals surface area contributed by atoms with Gasteiger partial charge in [0.15, 0.2) is 0 Å². The highest BCUT2D eigenvalue weighted by molar-refractivity contribution is 5.12. The number of rotatable bonds is 2. The van der Waals surface area contributed by atoms with Gasteiger partial charge in [-0.25, -0.2) is 0 Å². The molecule has 1 aliphatic rings. The minimum atomic E-state index is -0.390. The molecule has 0 saturated heterocycles. The summed E-state index contributed by atoms with van der Waals surface area (Å²) in [4.78, 5) is 0. The molecule has 0 bridgehead atoms. The second-order valence-corrected chi connectivity index (χ2v) is 5.01. The molecule has 3 heteroatoms. The van der Waals surface area contributed by atoms with Crippen molar-refractivity contribution in [2.45, 2.75) is 32.8 Å². The number of hydrogen-bond donors (Lipinski definition) is 1. The molecule has 0 amide bonds. The Balaban J connectivity index is 2.15. The zero-order valence-electron chi connectivity index (χ0n) is 10.2. The van der Waals surface area contributed by atoms with Crippen LogP contribution in [0.5, 0.6) is 0 Å². The summed E-state index contributed by atoms with van der Waals surface area (Å²) in [5.41, 5.74) is 2.32. The normalized spacial score (nSPS) is 27.6. The molecule has 2 rings (SSSR count). The Morgan fingerprint density at radius 2 is 2.31 bits per heavy atom. The minimum absolute atomic E-state index is 0.329. The third-order valence-electron chi connectivity index (χ3n) is 3.44. The molecule has 16 heavy (non-hydrogen) atoms. The first-order chi connectivity index (χ1) is 7.58. The monoisotopic (exact) mass is 220 g/mol. The van der Waals surface area contributed by atoms with Crippen LogP contribution in [0.1, 0.15) is 38.5 Å². The Kier molecular flexibility index (Phi) is 3.15. The molecule has 0 aliphatic heterocycles. The van der Waals surface area contributed by atoms with Crippen LogP contribution in [0.3, 0.4) is 0 Å². The van der Waals surface area contributed by atoms with Crippen LogP contribution in [0.15, 0.2) is 23.9 Å². The molecular weight excluding hydrogens is 200 g/mol. The first-order valence-corrected chi connectivity index (χ1v) is 5.91. The topological polar surface area (TPSA) is 38.1 Å². The lowest BCUT2D eigenvalue weighted by Crippen LogP contribution is -2.21. The lowest BCUT2D eigenvalue weighted by molar-refractivity contribution is 0.0858. The maximum absolute atomic E-state index is 10.4. The van der Waals surface area contributed by atoms with Gasteiger partial charge >= 0.3 is 0 Å². The third-order valence-corrected chi connectivity index (χ3v) is 3.44. The van der Waals surface area contributed by atoms with Crippen molar-refractivity contribution < 1.29 is 5.11 Å². The molecule has 1 aromatic rings. The van der Waals surface area contributed by atoms with E-state index in [1.165, 1.54) is 5.57 Å². The van der Waals surface area contributed by atoms with Crippen LogP contribution in [0.4, 0.5) is 0 Å². The summed E-state index contributed by atoms with van der Waals surface area (Å²) >= 11 is 0. The molecule has 1 N–H and O–H groups in total. The fraction of sp³-hybridized carbons (Fsp3) is 0.615. The van der Waals surface area contributed by atoms with Crippen LogP contribution in [0, 0.1) is 11.8 Å². The van der Waals surface area contributed by atoms with Crippen molar-refractivity contribution in [3.05, 3.63) is 29.6 Å². The first-order valence-electron chi connectivity index (χ1n) is 5.91. The van der Waals surface area contributed by atoms with Crippen molar-refractivity contribution in [2.24, 2.45) is 18.9 Å². The lowest BCUT2D eigenvalue weighted by Gasteiger charge is -2.29. The van der Waals surface area contributed by atoms with Crippen molar-refractivity contribution in [3.63, 3.8) is 0 Å². The Morgan fingerprint density at radius 3 is 2.88 bits per heavy atom. The van der Waals surface area contributed by atoms with Gasteiger partial charge in [-0.3, -0.25) is 4.68 Å². The molecule has 0 radical (unpaired) electrons. The average Bonchev–Trinajstić information content (AvgIpc) is 2.62. The molecule has 88 valence electrons. The van der Waals surface area contributed by atoms with Crippen LogP contribution in [-0.4, -0.2) is 14.9 Å². The van der Waals surface area contributed by atoms with E-state index in [1.54, 1.807) is 10.9 Å². The Morgan fingerprint density at radius 1 is 1.56 bits per heavy atom. The molecule has 0 aromatic carbocycles. The molecule has 3 unspecified atom stereocenters. The predicted octanol–water partition coefficient (Wildman–Crippen LogP) is 2.45. The van der Waals surface area contributed by atoms with Crippen LogP contribution < -0.4 is 0 Å². The van der Waals surface area contributed by atoms with E-state index in [2.05, 4.69) is 25.0 Å². The van der Waals surface area contributed by atoms with E-state index in [9.17, 15) is 5.11 Å². The number of allylic oxidation sites excluding steroid dienone is 2. The summed E-state index contributed by atoms with van der Waals surface area (Å²) in [5, 5.41) is 14.5. The summed E-state index contributed by atoms with van der Waals surface area (Å²) in [6.45, 7) is 4.37. The Bertz CT molecular complexity index is 394. The highest BCUT2D eigenvalue weighted by atomic mass is 16.3. The van der Waals surface area contributed by atoms with E-state index in [-0.39, 0.29) is 0 Å². The number of aliphatic hydroxyl groups excluding tert-OH is 1. The smallest absolute Gasteiger partial charge is 0.0987 e. The zero-order valence-corrected chi connectivity index (χ0v) is 10.2. The lowest BCUT2D eigenvalue weighted by atomic mass is 9.80. The zero-order chi connectivity index (χ0) is 11.7. The molecule has 3 nitrogen and oxygen atoms in total. The summed E-state index contributed by atoms with van der Waals surface area (Å²) in [5.74, 6) is 0.900. The maximum Gasteiger partial charge on any atom is 0.0987 e. The van der Waals surface area contributed by atoms with Gasteiger partial charge in [0.05, 0.1) is 11.8 Å². The van der Waals surface area contributed by atoms with Gasteiger partial charge < -0.3 is 5.11 Å². The predicted molar refractivity (Wildman–Crippen MR) is 63.8 cm³/mol. The maximum atomic E-state index is 10.4. The SMILES string of the molecule is CC1=CC(C)CC(C(O)c2ccnn2C)C1. The fourth-order valence-electron chi connectivity index (χ4n) is 2.75. The van der Waals surface area contributed by atoms with Gasteiger partial charge in [0, 0.05) is 13.2 Å². The van der Waals surface area contributed by atoms with Gasteiger partial charge in [0.2, 0.25) is 0 Å². The quantitative estimate of drug-likeness (QED) is 0.777. The van der Waals surface area contributed by atoms with E-state index in [0.29, 0.717) is 11.8 Å². The largest absolute Gasteiger partial charge is 0.387 e. The van der Waals surface area contributed by atoms with Crippen molar-refractivity contribution in [2.75, 3.05) is 0 Å². The summed E-state index contributed by atoms with van der Waals surface area (Å²) in [7, 11) is 1.88. The van der Waals surface area contributed by atoms with E-state index in [1.807, 2.05) is 13.1 Å². The molecule has 1 aromatic heterocycles. The van der Waals surface area contributed by atoms with Crippen LogP contribution >= 0.6 is 0 Å². The van der Waals surface area contributed by atoms with Crippen LogP contribution in [0.2, 0.25) is 0 Å². The van der Waals surface area contributed by atoms with Gasteiger partial charge in [-0.1, -0.05) is 18.6 Å². The molecule has 1 heterocycles. The summed E-state index contributed by atoms with van der Waals surface area (Å²) in [6.07, 6.45) is 5.72. The standard InChI is InChI=1S/C13H20N2O/c1-9-6-10(2)8-11(7-9)13(16)12-4-5-14-15(12)3/h4-6,9,11,13,16H,7-8H2,1-3H3. The third kappa shape index (κ3) is 2.19. The second kappa shape index (κ2) is 4.42. The van der Waals surface area contributed by atoms with Gasteiger partial charge in [-0.2, -0.15) is 5.10 Å². The van der Waals surface area contributed by atoms with Gasteiger partial charge in [-0.05, 0) is 37.7 Å². The molecule has 1 aliphatic carbocycles. The molecule has 0 fully saturated rings. The average molecular weight is 220 g/mol. The highest BCUT2D eigenvalue weighted by Gasteiger charge is 2.27. The van der Waals surface area contributed by atoms with E-state index >= 15 is 0 Å². The fourth-order valence-corrected chi connectivity index (χ4v) is 2.75. The highest BCUT2D eigenvalue weighted by Crippen LogP contribution is 2.36. The van der Waals surface area contributed by atoms with Gasteiger partial charge in [-0.15, -0.1) is 0 Å². The number of aromatic nitrogens is 2. The van der Waals surface area contributed by atoms with E-state index in [4.69, 9.17) is 0 Å². The van der Waals surface area contributed by atoms with Gasteiger partial charge in [0.1, 0.15) is 0 Å². The van der Waals surface area contributed by atoms with Crippen molar-refractivity contribution >= 4 is 0 Å². The Hall–Kier alpha value is -1.09. The van der Waals surface area contributed by atoms with Crippen molar-refractivity contribution in [1.82, 2.24) is 9.78 Å². The van der Waals surface area contributed by atoms with E-state index < -0.39 is 6.10 Å². The number of aryl methyl sites for hydroxylation is 1. The minimum Gasteiger partial charge on any atom is -0.387 e.